The quantitative estimate of drug-likeness (QED) is 0.688. The van der Waals surface area contributed by atoms with Crippen LogP contribution in [-0.4, -0.2) is 21.2 Å². The van der Waals surface area contributed by atoms with Crippen LogP contribution in [0, 0.1) is 5.82 Å². The van der Waals surface area contributed by atoms with Gasteiger partial charge in [0.2, 0.25) is 5.91 Å². The van der Waals surface area contributed by atoms with E-state index in [0.29, 0.717) is 11.4 Å². The summed E-state index contributed by atoms with van der Waals surface area (Å²) in [6.45, 7) is 0. The van der Waals surface area contributed by atoms with E-state index in [1.165, 1.54) is 23.9 Å². The zero-order chi connectivity index (χ0) is 17.6. The molecule has 1 N–H and O–H groups in total. The Hall–Kier alpha value is -2.60. The summed E-state index contributed by atoms with van der Waals surface area (Å²) in [6, 6.07) is 15.4. The van der Waals surface area contributed by atoms with Crippen LogP contribution in [0.25, 0.3) is 0 Å². The molecule has 128 valence electrons. The molecule has 3 rings (SSSR count). The smallest absolute Gasteiger partial charge is 0.231 e. The molecule has 0 aliphatic heterocycles. The van der Waals surface area contributed by atoms with Gasteiger partial charge < -0.3 is 9.88 Å². The fourth-order valence-corrected chi connectivity index (χ4v) is 3.24. The van der Waals surface area contributed by atoms with Gasteiger partial charge in [-0.05, 0) is 29.8 Å². The number of imidazole rings is 1. The number of thioether (sulfide) groups is 1. The van der Waals surface area contributed by atoms with Crippen LogP contribution in [-0.2, 0) is 11.8 Å². The third-order valence-electron chi connectivity index (χ3n) is 3.72. The summed E-state index contributed by atoms with van der Waals surface area (Å²) < 4.78 is 15.5. The molecule has 0 unspecified atom stereocenters. The van der Waals surface area contributed by atoms with E-state index >= 15 is 0 Å². The second kappa shape index (κ2) is 7.98. The predicted octanol–water partition coefficient (Wildman–Crippen LogP) is 3.56. The largest absolute Gasteiger partial charge is 0.341 e. The van der Waals surface area contributed by atoms with E-state index in [4.69, 9.17) is 0 Å². The molecule has 6 heteroatoms. The number of rotatable bonds is 6. The minimum Gasteiger partial charge on any atom is -0.341 e. The maximum Gasteiger partial charge on any atom is 0.231 e. The van der Waals surface area contributed by atoms with Gasteiger partial charge in [0.1, 0.15) is 17.7 Å². The molecule has 4 nitrogen and oxygen atoms in total. The van der Waals surface area contributed by atoms with Gasteiger partial charge in [-0.3, -0.25) is 4.79 Å². The predicted molar refractivity (Wildman–Crippen MR) is 96.8 cm³/mol. The Balaban J connectivity index is 1.76. The Morgan fingerprint density at radius 3 is 2.72 bits per heavy atom. The molecule has 0 fully saturated rings. The molecule has 1 atom stereocenters. The van der Waals surface area contributed by atoms with Crippen molar-refractivity contribution in [1.82, 2.24) is 14.9 Å². The van der Waals surface area contributed by atoms with E-state index in [1.807, 2.05) is 41.9 Å². The third-order valence-corrected chi connectivity index (χ3v) is 4.73. The first-order chi connectivity index (χ1) is 12.1. The molecule has 1 aromatic heterocycles. The van der Waals surface area contributed by atoms with Gasteiger partial charge >= 0.3 is 0 Å². The van der Waals surface area contributed by atoms with Crippen molar-refractivity contribution in [2.45, 2.75) is 10.9 Å². The Bertz CT molecular complexity index is 851. The molecule has 0 saturated heterocycles. The van der Waals surface area contributed by atoms with Crippen molar-refractivity contribution in [3.8, 4) is 0 Å². The number of benzene rings is 2. The van der Waals surface area contributed by atoms with Crippen LogP contribution in [0.15, 0.2) is 71.9 Å². The van der Waals surface area contributed by atoms with Crippen LogP contribution in [0.1, 0.15) is 17.4 Å². The fourth-order valence-electron chi connectivity index (χ4n) is 2.51. The number of nitrogens with zero attached hydrogens (tertiary/aromatic N) is 2. The van der Waals surface area contributed by atoms with Crippen LogP contribution in [0.3, 0.4) is 0 Å². The van der Waals surface area contributed by atoms with Crippen LogP contribution < -0.4 is 5.32 Å². The monoisotopic (exact) mass is 355 g/mol. The molecular formula is C19H18FN3OS. The number of carbonyl (C=O) groups excluding carboxylic acids is 1. The molecular weight excluding hydrogens is 337 g/mol. The van der Waals surface area contributed by atoms with Gasteiger partial charge in [-0.2, -0.15) is 0 Å². The highest BCUT2D eigenvalue weighted by atomic mass is 32.2. The van der Waals surface area contributed by atoms with E-state index in [0.717, 1.165) is 4.90 Å². The standard InChI is InChI=1S/C19H18FN3OS/c1-23-11-10-21-19(23)18(14-6-5-7-15(20)12-14)22-17(24)13-25-16-8-3-2-4-9-16/h2-12,18H,13H2,1H3,(H,22,24)/t18-/m0/s1. The summed E-state index contributed by atoms with van der Waals surface area (Å²) >= 11 is 1.46. The van der Waals surface area contributed by atoms with Gasteiger partial charge in [0.25, 0.3) is 0 Å². The zero-order valence-electron chi connectivity index (χ0n) is 13.7. The number of amides is 1. The molecule has 1 heterocycles. The topological polar surface area (TPSA) is 46.9 Å². The van der Waals surface area contributed by atoms with E-state index in [-0.39, 0.29) is 17.5 Å². The molecule has 3 aromatic rings. The first-order valence-corrected chi connectivity index (χ1v) is 8.82. The van der Waals surface area contributed by atoms with Crippen molar-refractivity contribution in [3.05, 3.63) is 84.2 Å². The van der Waals surface area contributed by atoms with E-state index < -0.39 is 6.04 Å². The number of hydrogen-bond acceptors (Lipinski definition) is 3. The van der Waals surface area contributed by atoms with Crippen molar-refractivity contribution >= 4 is 17.7 Å². The number of aryl methyl sites for hydroxylation is 1. The summed E-state index contributed by atoms with van der Waals surface area (Å²) in [4.78, 5) is 17.8. The number of nitrogens with one attached hydrogen (secondary N) is 1. The summed E-state index contributed by atoms with van der Waals surface area (Å²) in [5.74, 6) is 0.458. The summed E-state index contributed by atoms with van der Waals surface area (Å²) in [5.41, 5.74) is 0.660. The zero-order valence-corrected chi connectivity index (χ0v) is 14.5. The summed E-state index contributed by atoms with van der Waals surface area (Å²) in [7, 11) is 1.85. The number of aromatic nitrogens is 2. The molecule has 25 heavy (non-hydrogen) atoms. The first-order valence-electron chi connectivity index (χ1n) is 7.83. The van der Waals surface area contributed by atoms with Crippen molar-refractivity contribution in [3.63, 3.8) is 0 Å². The summed E-state index contributed by atoms with van der Waals surface area (Å²) in [5, 5.41) is 2.96. The molecule has 0 aliphatic rings. The lowest BCUT2D eigenvalue weighted by Crippen LogP contribution is -2.32. The fraction of sp³-hybridized carbons (Fsp3) is 0.158. The Morgan fingerprint density at radius 1 is 1.24 bits per heavy atom. The highest BCUT2D eigenvalue weighted by Crippen LogP contribution is 2.22. The SMILES string of the molecule is Cn1ccnc1[C@@H](NC(=O)CSc1ccccc1)c1cccc(F)c1. The molecule has 0 radical (unpaired) electrons. The maximum atomic E-state index is 13.6. The van der Waals surface area contributed by atoms with E-state index in [1.54, 1.807) is 24.5 Å². The maximum absolute atomic E-state index is 13.6. The highest BCUT2D eigenvalue weighted by molar-refractivity contribution is 8.00. The van der Waals surface area contributed by atoms with Crippen LogP contribution in [0.5, 0.6) is 0 Å². The number of carbonyl (C=O) groups is 1. The third kappa shape index (κ3) is 4.48. The van der Waals surface area contributed by atoms with E-state index in [2.05, 4.69) is 10.3 Å². The molecule has 1 amide bonds. The second-order valence-corrected chi connectivity index (χ2v) is 6.60. The normalized spacial score (nSPS) is 11.9. The van der Waals surface area contributed by atoms with Gasteiger partial charge in [0.05, 0.1) is 5.75 Å². The van der Waals surface area contributed by atoms with Crippen LogP contribution >= 0.6 is 11.8 Å². The van der Waals surface area contributed by atoms with Crippen molar-refractivity contribution in [2.24, 2.45) is 7.05 Å². The van der Waals surface area contributed by atoms with Crippen molar-refractivity contribution in [1.29, 1.82) is 0 Å². The first kappa shape index (κ1) is 17.2. The van der Waals surface area contributed by atoms with Crippen molar-refractivity contribution in [2.75, 3.05) is 5.75 Å². The Morgan fingerprint density at radius 2 is 2.04 bits per heavy atom. The van der Waals surface area contributed by atoms with Gasteiger partial charge in [0, 0.05) is 24.3 Å². The molecule has 0 saturated carbocycles. The minimum atomic E-state index is -0.500. The molecule has 0 bridgehead atoms. The molecule has 0 spiro atoms. The van der Waals surface area contributed by atoms with Gasteiger partial charge in [-0.1, -0.05) is 30.3 Å². The Labute approximate surface area is 150 Å². The molecule has 2 aromatic carbocycles. The van der Waals surface area contributed by atoms with Crippen LogP contribution in [0.4, 0.5) is 4.39 Å². The average Bonchev–Trinajstić information content (AvgIpc) is 3.04. The van der Waals surface area contributed by atoms with Gasteiger partial charge in [0.15, 0.2) is 0 Å². The molecule has 0 aliphatic carbocycles. The summed E-state index contributed by atoms with van der Waals surface area (Å²) in [6.07, 6.45) is 3.46. The lowest BCUT2D eigenvalue weighted by atomic mass is 10.1. The van der Waals surface area contributed by atoms with E-state index in [9.17, 15) is 9.18 Å². The number of hydrogen-bond donors (Lipinski definition) is 1. The average molecular weight is 355 g/mol. The highest BCUT2D eigenvalue weighted by Gasteiger charge is 2.21. The Kier molecular flexibility index (Phi) is 5.50. The van der Waals surface area contributed by atoms with Gasteiger partial charge in [-0.25, -0.2) is 9.37 Å². The minimum absolute atomic E-state index is 0.133. The second-order valence-electron chi connectivity index (χ2n) is 5.55. The van der Waals surface area contributed by atoms with Crippen LogP contribution in [0.2, 0.25) is 0 Å². The lowest BCUT2D eigenvalue weighted by Gasteiger charge is -2.19. The number of halogens is 1. The van der Waals surface area contributed by atoms with Gasteiger partial charge in [-0.15, -0.1) is 11.8 Å². The lowest BCUT2D eigenvalue weighted by molar-refractivity contribution is -0.119. The van der Waals surface area contributed by atoms with Crippen molar-refractivity contribution < 1.29 is 9.18 Å².